The lowest BCUT2D eigenvalue weighted by atomic mass is 9.84. The summed E-state index contributed by atoms with van der Waals surface area (Å²) in [6.07, 6.45) is 3.36. The van der Waals surface area contributed by atoms with Gasteiger partial charge in [-0.05, 0) is 49.4 Å². The minimum Gasteiger partial charge on any atom is -0.392 e. The van der Waals surface area contributed by atoms with Crippen LogP contribution in [-0.4, -0.2) is 24.9 Å². The molecule has 5 heteroatoms. The Bertz CT molecular complexity index is 539. The molecule has 1 N–H and O–H groups in total. The quantitative estimate of drug-likeness (QED) is 0.925. The van der Waals surface area contributed by atoms with Crippen LogP contribution in [0.15, 0.2) is 29.2 Å². The number of rotatable bonds is 4. The van der Waals surface area contributed by atoms with E-state index in [-0.39, 0.29) is 4.90 Å². The van der Waals surface area contributed by atoms with Crippen molar-refractivity contribution in [1.82, 2.24) is 0 Å². The molecule has 2 rings (SSSR count). The van der Waals surface area contributed by atoms with Crippen LogP contribution >= 0.6 is 11.6 Å². The number of aliphatic hydroxyl groups excluding tert-OH is 1. The molecule has 3 nitrogen and oxygen atoms in total. The van der Waals surface area contributed by atoms with Gasteiger partial charge in [-0.25, -0.2) is 8.42 Å². The van der Waals surface area contributed by atoms with Gasteiger partial charge < -0.3 is 5.11 Å². The summed E-state index contributed by atoms with van der Waals surface area (Å²) in [5.74, 6) is 0.399. The van der Waals surface area contributed by atoms with Gasteiger partial charge in [-0.1, -0.05) is 31.4 Å². The molecule has 0 heterocycles. The topological polar surface area (TPSA) is 54.4 Å². The van der Waals surface area contributed by atoms with E-state index in [0.29, 0.717) is 23.8 Å². The fraction of sp³-hybridized carbons (Fsp3) is 0.600. The van der Waals surface area contributed by atoms with E-state index in [2.05, 4.69) is 6.92 Å². The van der Waals surface area contributed by atoms with Gasteiger partial charge in [0.15, 0.2) is 9.84 Å². The second-order valence-electron chi connectivity index (χ2n) is 5.57. The van der Waals surface area contributed by atoms with Crippen molar-refractivity contribution in [3.63, 3.8) is 0 Å². The van der Waals surface area contributed by atoms with Gasteiger partial charge >= 0.3 is 0 Å². The predicted molar refractivity (Wildman–Crippen MR) is 80.7 cm³/mol. The number of hydrogen-bond donors (Lipinski definition) is 1. The van der Waals surface area contributed by atoms with Crippen LogP contribution in [-0.2, 0) is 9.84 Å². The summed E-state index contributed by atoms with van der Waals surface area (Å²) >= 11 is 5.80. The first-order chi connectivity index (χ1) is 9.45. The fourth-order valence-electron chi connectivity index (χ4n) is 3.00. The molecule has 1 aromatic rings. The zero-order chi connectivity index (χ0) is 14.8. The van der Waals surface area contributed by atoms with Gasteiger partial charge in [-0.15, -0.1) is 0 Å². The van der Waals surface area contributed by atoms with Crippen LogP contribution in [0.3, 0.4) is 0 Å². The van der Waals surface area contributed by atoms with E-state index in [1.54, 1.807) is 12.1 Å². The lowest BCUT2D eigenvalue weighted by molar-refractivity contribution is 0.109. The average Bonchev–Trinajstić information content (AvgIpc) is 2.41. The van der Waals surface area contributed by atoms with E-state index < -0.39 is 21.2 Å². The van der Waals surface area contributed by atoms with E-state index in [4.69, 9.17) is 11.6 Å². The van der Waals surface area contributed by atoms with E-state index in [1.165, 1.54) is 12.1 Å². The molecule has 0 bridgehead atoms. The Kier molecular flexibility index (Phi) is 5.10. The van der Waals surface area contributed by atoms with Crippen LogP contribution < -0.4 is 0 Å². The van der Waals surface area contributed by atoms with Crippen LogP contribution in [0.1, 0.15) is 39.0 Å². The molecular formula is C15H21ClO3S. The highest BCUT2D eigenvalue weighted by Gasteiger charge is 2.38. The molecule has 0 saturated heterocycles. The van der Waals surface area contributed by atoms with Crippen molar-refractivity contribution in [2.75, 3.05) is 0 Å². The maximum Gasteiger partial charge on any atom is 0.183 e. The maximum absolute atomic E-state index is 12.7. The second kappa shape index (κ2) is 6.46. The van der Waals surface area contributed by atoms with E-state index in [1.807, 2.05) is 0 Å². The normalized spacial score (nSPS) is 27.4. The van der Waals surface area contributed by atoms with Crippen molar-refractivity contribution >= 4 is 21.4 Å². The molecule has 112 valence electrons. The molecule has 20 heavy (non-hydrogen) atoms. The molecule has 1 aliphatic carbocycles. The predicted octanol–water partition coefficient (Wildman–Crippen LogP) is 3.44. The van der Waals surface area contributed by atoms with Gasteiger partial charge in [0.05, 0.1) is 16.2 Å². The van der Waals surface area contributed by atoms with Crippen LogP contribution in [0, 0.1) is 5.92 Å². The molecule has 1 aliphatic rings. The highest BCUT2D eigenvalue weighted by atomic mass is 35.5. The first kappa shape index (κ1) is 15.8. The second-order valence-corrected chi connectivity index (χ2v) is 8.18. The Morgan fingerprint density at radius 1 is 1.25 bits per heavy atom. The van der Waals surface area contributed by atoms with E-state index in [0.717, 1.165) is 19.3 Å². The molecule has 0 amide bonds. The van der Waals surface area contributed by atoms with Crippen LogP contribution in [0.25, 0.3) is 0 Å². The lowest BCUT2D eigenvalue weighted by Gasteiger charge is -2.32. The van der Waals surface area contributed by atoms with Gasteiger partial charge in [-0.2, -0.15) is 0 Å². The highest BCUT2D eigenvalue weighted by molar-refractivity contribution is 7.92. The van der Waals surface area contributed by atoms with Crippen molar-refractivity contribution in [3.8, 4) is 0 Å². The molecule has 0 spiro atoms. The minimum atomic E-state index is -3.49. The summed E-state index contributed by atoms with van der Waals surface area (Å²) in [6.45, 7) is 2.10. The van der Waals surface area contributed by atoms with Gasteiger partial charge in [0.2, 0.25) is 0 Å². The van der Waals surface area contributed by atoms with Crippen LogP contribution in [0.5, 0.6) is 0 Å². The summed E-state index contributed by atoms with van der Waals surface area (Å²) in [7, 11) is -3.49. The molecule has 3 unspecified atom stereocenters. The number of hydrogen-bond acceptors (Lipinski definition) is 3. The van der Waals surface area contributed by atoms with Gasteiger partial charge in [0.1, 0.15) is 0 Å². The lowest BCUT2D eigenvalue weighted by Crippen LogP contribution is -2.39. The van der Waals surface area contributed by atoms with E-state index in [9.17, 15) is 13.5 Å². The van der Waals surface area contributed by atoms with Crippen LogP contribution in [0.4, 0.5) is 0 Å². The van der Waals surface area contributed by atoms with Crippen molar-refractivity contribution < 1.29 is 13.5 Å². The molecule has 0 radical (unpaired) electrons. The average molecular weight is 317 g/mol. The van der Waals surface area contributed by atoms with Crippen molar-refractivity contribution in [3.05, 3.63) is 29.3 Å². The zero-order valence-corrected chi connectivity index (χ0v) is 13.2. The molecule has 0 aliphatic heterocycles. The Hall–Kier alpha value is -0.580. The summed E-state index contributed by atoms with van der Waals surface area (Å²) in [5.41, 5.74) is 0. The summed E-state index contributed by atoms with van der Waals surface area (Å²) in [5, 5.41) is 9.93. The third-order valence-electron chi connectivity index (χ3n) is 4.10. The SMILES string of the molecule is CCCC1CCC(O)C(S(=O)(=O)c2ccc(Cl)cc2)C1. The maximum atomic E-state index is 12.7. The van der Waals surface area contributed by atoms with Gasteiger partial charge in [0.25, 0.3) is 0 Å². The fourth-order valence-corrected chi connectivity index (χ4v) is 5.07. The number of sulfone groups is 1. The Labute approximate surface area is 125 Å². The summed E-state index contributed by atoms with van der Waals surface area (Å²) in [6, 6.07) is 6.20. The third-order valence-corrected chi connectivity index (χ3v) is 6.59. The highest BCUT2D eigenvalue weighted by Crippen LogP contribution is 2.34. The number of halogens is 1. The monoisotopic (exact) mass is 316 g/mol. The molecule has 1 fully saturated rings. The largest absolute Gasteiger partial charge is 0.392 e. The number of aliphatic hydroxyl groups is 1. The number of benzene rings is 1. The van der Waals surface area contributed by atoms with Crippen molar-refractivity contribution in [2.45, 2.75) is 55.3 Å². The Morgan fingerprint density at radius 2 is 1.90 bits per heavy atom. The Balaban J connectivity index is 2.24. The first-order valence-electron chi connectivity index (χ1n) is 7.12. The van der Waals surface area contributed by atoms with Crippen LogP contribution in [0.2, 0.25) is 5.02 Å². The minimum absolute atomic E-state index is 0.253. The first-order valence-corrected chi connectivity index (χ1v) is 9.05. The Morgan fingerprint density at radius 3 is 2.50 bits per heavy atom. The van der Waals surface area contributed by atoms with Gasteiger partial charge in [-0.3, -0.25) is 0 Å². The standard InChI is InChI=1S/C15H21ClO3S/c1-2-3-11-4-9-14(17)15(10-11)20(18,19)13-7-5-12(16)6-8-13/h5-8,11,14-15,17H,2-4,9-10H2,1H3. The van der Waals surface area contributed by atoms with E-state index >= 15 is 0 Å². The van der Waals surface area contributed by atoms with Gasteiger partial charge in [0, 0.05) is 5.02 Å². The summed E-state index contributed by atoms with van der Waals surface area (Å²) in [4.78, 5) is 0.253. The van der Waals surface area contributed by atoms with Crippen molar-refractivity contribution in [1.29, 1.82) is 0 Å². The molecular weight excluding hydrogens is 296 g/mol. The molecule has 3 atom stereocenters. The molecule has 1 aromatic carbocycles. The molecule has 1 saturated carbocycles. The third kappa shape index (κ3) is 3.35. The summed E-state index contributed by atoms with van der Waals surface area (Å²) < 4.78 is 25.3. The van der Waals surface area contributed by atoms with Crippen molar-refractivity contribution in [2.24, 2.45) is 5.92 Å². The molecule has 0 aromatic heterocycles. The zero-order valence-electron chi connectivity index (χ0n) is 11.6. The smallest absolute Gasteiger partial charge is 0.183 e.